The minimum absolute atomic E-state index is 0.107. The molecule has 3 N–H and O–H groups in total. The highest BCUT2D eigenvalue weighted by molar-refractivity contribution is 7.99. The molecule has 0 bridgehead atoms. The molecular formula is C14H22N2OS. The Labute approximate surface area is 113 Å². The van der Waals surface area contributed by atoms with Gasteiger partial charge in [0.2, 0.25) is 0 Å². The minimum atomic E-state index is -0.107. The molecule has 1 aromatic rings. The number of rotatable bonds is 4. The maximum atomic E-state index is 11.9. The van der Waals surface area contributed by atoms with Crippen LogP contribution in [0.4, 0.5) is 5.69 Å². The molecule has 3 nitrogen and oxygen atoms in total. The maximum absolute atomic E-state index is 11.9. The Balaban J connectivity index is 2.41. The third-order valence-electron chi connectivity index (χ3n) is 3.73. The van der Waals surface area contributed by atoms with Crippen molar-refractivity contribution in [1.29, 1.82) is 0 Å². The lowest BCUT2D eigenvalue weighted by Gasteiger charge is -2.22. The van der Waals surface area contributed by atoms with Gasteiger partial charge in [-0.3, -0.25) is 4.79 Å². The molecule has 1 aliphatic rings. The highest BCUT2D eigenvalue weighted by Crippen LogP contribution is 2.34. The van der Waals surface area contributed by atoms with Crippen LogP contribution in [0.2, 0.25) is 0 Å². The third kappa shape index (κ3) is 2.58. The van der Waals surface area contributed by atoms with Gasteiger partial charge in [-0.1, -0.05) is 13.8 Å². The predicted octanol–water partition coefficient (Wildman–Crippen LogP) is 3.12. The molecule has 0 amide bonds. The van der Waals surface area contributed by atoms with Crippen LogP contribution in [-0.2, 0) is 12.8 Å². The van der Waals surface area contributed by atoms with Crippen LogP contribution in [0.25, 0.3) is 0 Å². The Morgan fingerprint density at radius 2 is 1.83 bits per heavy atom. The number of anilines is 1. The molecule has 100 valence electrons. The second-order valence-corrected chi connectivity index (χ2v) is 6.23. The fourth-order valence-corrected chi connectivity index (χ4v) is 3.74. The summed E-state index contributed by atoms with van der Waals surface area (Å²) in [5, 5.41) is 1.65. The first-order valence-electron chi connectivity index (χ1n) is 6.87. The third-order valence-corrected chi connectivity index (χ3v) is 5.32. The molecular weight excluding hydrogens is 244 g/mol. The van der Waals surface area contributed by atoms with Gasteiger partial charge in [-0.15, -0.1) is 11.8 Å². The van der Waals surface area contributed by atoms with Gasteiger partial charge in [0.25, 0.3) is 5.56 Å². The Morgan fingerprint density at radius 1 is 1.22 bits per heavy atom. The predicted molar refractivity (Wildman–Crippen MR) is 78.3 cm³/mol. The van der Waals surface area contributed by atoms with Crippen LogP contribution < -0.4 is 11.3 Å². The van der Waals surface area contributed by atoms with Gasteiger partial charge in [0.15, 0.2) is 0 Å². The first-order valence-corrected chi connectivity index (χ1v) is 7.75. The lowest BCUT2D eigenvalue weighted by molar-refractivity contribution is 0.666. The summed E-state index contributed by atoms with van der Waals surface area (Å²) in [6, 6.07) is 0. The van der Waals surface area contributed by atoms with Crippen molar-refractivity contribution in [3.05, 3.63) is 21.5 Å². The first kappa shape index (κ1) is 13.5. The van der Waals surface area contributed by atoms with Crippen molar-refractivity contribution in [2.45, 2.75) is 62.6 Å². The Kier molecular flexibility index (Phi) is 4.38. The van der Waals surface area contributed by atoms with E-state index in [2.05, 4.69) is 18.8 Å². The molecule has 0 aromatic carbocycles. The zero-order valence-corrected chi connectivity index (χ0v) is 12.0. The summed E-state index contributed by atoms with van der Waals surface area (Å²) in [6.45, 7) is 4.39. The van der Waals surface area contributed by atoms with E-state index in [1.165, 1.54) is 12.0 Å². The van der Waals surface area contributed by atoms with Crippen molar-refractivity contribution in [2.75, 3.05) is 5.73 Å². The number of thioether (sulfide) groups is 1. The molecule has 0 unspecified atom stereocenters. The van der Waals surface area contributed by atoms with E-state index in [1.807, 2.05) is 11.8 Å². The highest BCUT2D eigenvalue weighted by Gasteiger charge is 2.20. The van der Waals surface area contributed by atoms with E-state index in [9.17, 15) is 4.79 Å². The number of aromatic amines is 1. The normalized spacial score (nSPS) is 14.8. The molecule has 0 radical (unpaired) electrons. The molecule has 1 aromatic heterocycles. The van der Waals surface area contributed by atoms with E-state index >= 15 is 0 Å². The van der Waals surface area contributed by atoms with Crippen molar-refractivity contribution in [1.82, 2.24) is 4.98 Å². The van der Waals surface area contributed by atoms with E-state index in [-0.39, 0.29) is 5.56 Å². The van der Waals surface area contributed by atoms with Gasteiger partial charge in [0.05, 0.1) is 5.03 Å². The summed E-state index contributed by atoms with van der Waals surface area (Å²) in [5.74, 6) is 0. The van der Waals surface area contributed by atoms with Crippen molar-refractivity contribution in [2.24, 2.45) is 0 Å². The number of nitrogens with one attached hydrogen (secondary N) is 1. The molecule has 18 heavy (non-hydrogen) atoms. The molecule has 0 fully saturated rings. The van der Waals surface area contributed by atoms with Crippen LogP contribution in [0, 0.1) is 0 Å². The zero-order valence-electron chi connectivity index (χ0n) is 11.2. The summed E-state index contributed by atoms with van der Waals surface area (Å²) in [6.07, 6.45) is 6.62. The Morgan fingerprint density at radius 3 is 2.44 bits per heavy atom. The molecule has 1 aliphatic carbocycles. The van der Waals surface area contributed by atoms with Crippen molar-refractivity contribution >= 4 is 17.4 Å². The van der Waals surface area contributed by atoms with E-state index in [0.717, 1.165) is 42.7 Å². The minimum Gasteiger partial charge on any atom is -0.394 e. The smallest absolute Gasteiger partial charge is 0.272 e. The molecule has 0 aliphatic heterocycles. The summed E-state index contributed by atoms with van der Waals surface area (Å²) in [7, 11) is 0. The number of nitrogen functional groups attached to an aromatic ring is 1. The van der Waals surface area contributed by atoms with Crippen LogP contribution in [0.5, 0.6) is 0 Å². The van der Waals surface area contributed by atoms with Crippen molar-refractivity contribution in [3.8, 4) is 0 Å². The highest BCUT2D eigenvalue weighted by atomic mass is 32.2. The van der Waals surface area contributed by atoms with E-state index in [4.69, 9.17) is 5.73 Å². The summed E-state index contributed by atoms with van der Waals surface area (Å²) >= 11 is 1.82. The fourth-order valence-electron chi connectivity index (χ4n) is 2.56. The molecule has 0 spiro atoms. The van der Waals surface area contributed by atoms with Crippen LogP contribution >= 0.6 is 11.8 Å². The topological polar surface area (TPSA) is 58.9 Å². The summed E-state index contributed by atoms with van der Waals surface area (Å²) in [5.41, 5.74) is 8.66. The SMILES string of the molecule is CCC(CC)Sc1[nH]c(=O)c(N)c2c1CCCC2. The van der Waals surface area contributed by atoms with Gasteiger partial charge in [-0.05, 0) is 49.7 Å². The quantitative estimate of drug-likeness (QED) is 0.823. The van der Waals surface area contributed by atoms with Gasteiger partial charge in [0.1, 0.15) is 5.69 Å². The average Bonchev–Trinajstić information content (AvgIpc) is 2.41. The largest absolute Gasteiger partial charge is 0.394 e. The van der Waals surface area contributed by atoms with E-state index < -0.39 is 0 Å². The van der Waals surface area contributed by atoms with E-state index in [1.54, 1.807) is 0 Å². The van der Waals surface area contributed by atoms with Gasteiger partial charge < -0.3 is 10.7 Å². The number of aromatic nitrogens is 1. The molecule has 1 heterocycles. The van der Waals surface area contributed by atoms with Crippen LogP contribution in [0.3, 0.4) is 0 Å². The lowest BCUT2D eigenvalue weighted by Crippen LogP contribution is -2.21. The fraction of sp³-hybridized carbons (Fsp3) is 0.643. The van der Waals surface area contributed by atoms with E-state index in [0.29, 0.717) is 10.9 Å². The van der Waals surface area contributed by atoms with Crippen molar-refractivity contribution < 1.29 is 0 Å². The second-order valence-electron chi connectivity index (χ2n) is 4.92. The second kappa shape index (κ2) is 5.83. The standard InChI is InChI=1S/C14H22N2OS/c1-3-9(4-2)18-14-11-8-6-5-7-10(11)12(15)13(17)16-14/h9H,3-8,15H2,1-2H3,(H,16,17). The van der Waals surface area contributed by atoms with Crippen molar-refractivity contribution in [3.63, 3.8) is 0 Å². The first-order chi connectivity index (χ1) is 8.67. The van der Waals surface area contributed by atoms with Gasteiger partial charge in [0, 0.05) is 5.25 Å². The number of nitrogens with two attached hydrogens (primary N) is 1. The number of hydrogen-bond acceptors (Lipinski definition) is 3. The lowest BCUT2D eigenvalue weighted by atomic mass is 9.92. The molecule has 0 atom stereocenters. The Hall–Kier alpha value is -0.900. The molecule has 0 saturated carbocycles. The molecule has 0 saturated heterocycles. The van der Waals surface area contributed by atoms with Gasteiger partial charge in [-0.2, -0.15) is 0 Å². The number of fused-ring (bicyclic) bond motifs is 1. The summed E-state index contributed by atoms with van der Waals surface area (Å²) < 4.78 is 0. The number of hydrogen-bond donors (Lipinski definition) is 2. The molecule has 4 heteroatoms. The van der Waals surface area contributed by atoms with Crippen LogP contribution in [-0.4, -0.2) is 10.2 Å². The number of pyridine rings is 1. The van der Waals surface area contributed by atoms with Crippen LogP contribution in [0.1, 0.15) is 50.7 Å². The monoisotopic (exact) mass is 266 g/mol. The van der Waals surface area contributed by atoms with Gasteiger partial charge >= 0.3 is 0 Å². The molecule has 2 rings (SSSR count). The van der Waals surface area contributed by atoms with Gasteiger partial charge in [-0.25, -0.2) is 0 Å². The summed E-state index contributed by atoms with van der Waals surface area (Å²) in [4.78, 5) is 14.9. The van der Waals surface area contributed by atoms with Crippen LogP contribution in [0.15, 0.2) is 9.82 Å². The maximum Gasteiger partial charge on any atom is 0.272 e. The number of H-pyrrole nitrogens is 1. The average molecular weight is 266 g/mol. The zero-order chi connectivity index (χ0) is 13.1. The Bertz CT molecular complexity index is 477.